The monoisotopic (exact) mass is 304 g/mol. The molecule has 1 atom stereocenters. The summed E-state index contributed by atoms with van der Waals surface area (Å²) < 4.78 is 11.5. The van der Waals surface area contributed by atoms with Gasteiger partial charge in [0.2, 0.25) is 5.89 Å². The SMILES string of the molecule is c1csc(Cc2nc(C3CCOC4(CCCC4)C3)no2)c1. The zero-order valence-electron chi connectivity index (χ0n) is 12.1. The second-order valence-electron chi connectivity index (χ2n) is 6.23. The minimum Gasteiger partial charge on any atom is -0.375 e. The van der Waals surface area contributed by atoms with E-state index in [4.69, 9.17) is 9.26 Å². The molecule has 4 nitrogen and oxygen atoms in total. The first-order valence-corrected chi connectivity index (χ1v) is 8.70. The molecule has 21 heavy (non-hydrogen) atoms. The summed E-state index contributed by atoms with van der Waals surface area (Å²) in [4.78, 5) is 5.90. The highest BCUT2D eigenvalue weighted by Crippen LogP contribution is 2.44. The molecule has 2 aromatic heterocycles. The molecule has 1 saturated carbocycles. The number of ether oxygens (including phenoxy) is 1. The van der Waals surface area contributed by atoms with Gasteiger partial charge in [0, 0.05) is 17.4 Å². The van der Waals surface area contributed by atoms with E-state index >= 15 is 0 Å². The molecule has 2 aliphatic rings. The summed E-state index contributed by atoms with van der Waals surface area (Å²) in [6, 6.07) is 4.16. The maximum atomic E-state index is 6.09. The van der Waals surface area contributed by atoms with Gasteiger partial charge >= 0.3 is 0 Å². The van der Waals surface area contributed by atoms with E-state index in [0.717, 1.165) is 37.6 Å². The van der Waals surface area contributed by atoms with Gasteiger partial charge in [-0.05, 0) is 37.1 Å². The molecule has 0 bridgehead atoms. The summed E-state index contributed by atoms with van der Waals surface area (Å²) in [5.41, 5.74) is 0.109. The Bertz CT molecular complexity index is 587. The molecule has 1 unspecified atom stereocenters. The Morgan fingerprint density at radius 3 is 3.05 bits per heavy atom. The van der Waals surface area contributed by atoms with Crippen LogP contribution in [0.4, 0.5) is 0 Å². The minimum atomic E-state index is 0.109. The standard InChI is InChI=1S/C16H20N2O2S/c1-2-7-16(6-1)11-12(5-8-19-16)15-17-14(20-18-15)10-13-4-3-9-21-13/h3-4,9,12H,1-2,5-8,10-11H2. The largest absolute Gasteiger partial charge is 0.375 e. The van der Waals surface area contributed by atoms with Crippen molar-refractivity contribution in [2.24, 2.45) is 0 Å². The lowest BCUT2D eigenvalue weighted by Gasteiger charge is -2.37. The Morgan fingerprint density at radius 1 is 1.33 bits per heavy atom. The Morgan fingerprint density at radius 2 is 2.24 bits per heavy atom. The number of rotatable bonds is 3. The van der Waals surface area contributed by atoms with Gasteiger partial charge in [-0.15, -0.1) is 11.3 Å². The topological polar surface area (TPSA) is 48.2 Å². The maximum absolute atomic E-state index is 6.09. The summed E-state index contributed by atoms with van der Waals surface area (Å²) >= 11 is 1.73. The molecule has 0 amide bonds. The van der Waals surface area contributed by atoms with Crippen LogP contribution in [0.3, 0.4) is 0 Å². The molecule has 2 aromatic rings. The van der Waals surface area contributed by atoms with E-state index in [0.29, 0.717) is 5.92 Å². The van der Waals surface area contributed by atoms with E-state index in [1.165, 1.54) is 30.6 Å². The number of thiophene rings is 1. The predicted molar refractivity (Wildman–Crippen MR) is 80.5 cm³/mol. The smallest absolute Gasteiger partial charge is 0.231 e. The number of aromatic nitrogens is 2. The van der Waals surface area contributed by atoms with Crippen molar-refractivity contribution < 1.29 is 9.26 Å². The third-order valence-corrected chi connectivity index (χ3v) is 5.64. The van der Waals surface area contributed by atoms with Crippen LogP contribution in [0.1, 0.15) is 61.0 Å². The lowest BCUT2D eigenvalue weighted by Crippen LogP contribution is -2.36. The van der Waals surface area contributed by atoms with Crippen LogP contribution < -0.4 is 0 Å². The summed E-state index contributed by atoms with van der Waals surface area (Å²) in [6.45, 7) is 0.833. The molecule has 2 fully saturated rings. The molecular formula is C16H20N2O2S. The molecule has 0 aromatic carbocycles. The van der Waals surface area contributed by atoms with Gasteiger partial charge < -0.3 is 9.26 Å². The van der Waals surface area contributed by atoms with Crippen LogP contribution in [0.2, 0.25) is 0 Å². The molecule has 0 radical (unpaired) electrons. The van der Waals surface area contributed by atoms with Gasteiger partial charge in [-0.2, -0.15) is 4.98 Å². The minimum absolute atomic E-state index is 0.109. The fourth-order valence-electron chi connectivity index (χ4n) is 3.68. The molecule has 4 rings (SSSR count). The first-order valence-electron chi connectivity index (χ1n) is 7.82. The van der Waals surface area contributed by atoms with Crippen LogP contribution in [0, 0.1) is 0 Å². The average Bonchev–Trinajstić information content (AvgIpc) is 3.22. The van der Waals surface area contributed by atoms with Gasteiger partial charge in [0.15, 0.2) is 5.82 Å². The zero-order chi connectivity index (χ0) is 14.1. The molecular weight excluding hydrogens is 284 g/mol. The molecule has 3 heterocycles. The highest BCUT2D eigenvalue weighted by Gasteiger charge is 2.41. The van der Waals surface area contributed by atoms with Crippen molar-refractivity contribution in [3.8, 4) is 0 Å². The van der Waals surface area contributed by atoms with Gasteiger partial charge in [-0.25, -0.2) is 0 Å². The van der Waals surface area contributed by atoms with E-state index < -0.39 is 0 Å². The summed E-state index contributed by atoms with van der Waals surface area (Å²) in [5.74, 6) is 2.02. The van der Waals surface area contributed by atoms with Crippen molar-refractivity contribution in [1.82, 2.24) is 10.1 Å². The van der Waals surface area contributed by atoms with Crippen LogP contribution in [-0.2, 0) is 11.2 Å². The fraction of sp³-hybridized carbons (Fsp3) is 0.625. The van der Waals surface area contributed by atoms with E-state index in [1.54, 1.807) is 11.3 Å². The summed E-state index contributed by atoms with van der Waals surface area (Å²) in [6.07, 6.45) is 7.81. The van der Waals surface area contributed by atoms with Crippen LogP contribution in [-0.4, -0.2) is 22.3 Å². The van der Waals surface area contributed by atoms with Crippen molar-refractivity contribution in [2.45, 2.75) is 56.5 Å². The van der Waals surface area contributed by atoms with Crippen LogP contribution in [0.25, 0.3) is 0 Å². The van der Waals surface area contributed by atoms with Gasteiger partial charge in [0.05, 0.1) is 12.0 Å². The average molecular weight is 304 g/mol. The van der Waals surface area contributed by atoms with E-state index in [-0.39, 0.29) is 5.60 Å². The Kier molecular flexibility index (Phi) is 3.55. The van der Waals surface area contributed by atoms with Crippen LogP contribution in [0.5, 0.6) is 0 Å². The first-order chi connectivity index (χ1) is 10.3. The van der Waals surface area contributed by atoms with Crippen LogP contribution in [0.15, 0.2) is 22.0 Å². The van der Waals surface area contributed by atoms with Crippen molar-refractivity contribution in [3.05, 3.63) is 34.1 Å². The second-order valence-corrected chi connectivity index (χ2v) is 7.26. The predicted octanol–water partition coefficient (Wildman–Crippen LogP) is 3.93. The second kappa shape index (κ2) is 5.54. The Hall–Kier alpha value is -1.20. The van der Waals surface area contributed by atoms with Gasteiger partial charge in [0.25, 0.3) is 0 Å². The quantitative estimate of drug-likeness (QED) is 0.862. The third kappa shape index (κ3) is 2.77. The van der Waals surface area contributed by atoms with Crippen molar-refractivity contribution >= 4 is 11.3 Å². The highest BCUT2D eigenvalue weighted by molar-refractivity contribution is 7.09. The highest BCUT2D eigenvalue weighted by atomic mass is 32.1. The Labute approximate surface area is 128 Å². The number of nitrogens with zero attached hydrogens (tertiary/aromatic N) is 2. The molecule has 0 N–H and O–H groups in total. The number of hydrogen-bond donors (Lipinski definition) is 0. The molecule has 1 saturated heterocycles. The van der Waals surface area contributed by atoms with Crippen molar-refractivity contribution in [2.75, 3.05) is 6.61 Å². The summed E-state index contributed by atoms with van der Waals surface area (Å²) in [5, 5.41) is 6.32. The molecule has 1 aliphatic heterocycles. The lowest BCUT2D eigenvalue weighted by atomic mass is 9.84. The van der Waals surface area contributed by atoms with Gasteiger partial charge in [-0.3, -0.25) is 0 Å². The van der Waals surface area contributed by atoms with Crippen molar-refractivity contribution in [3.63, 3.8) is 0 Å². The lowest BCUT2D eigenvalue weighted by molar-refractivity contribution is -0.0815. The fourth-order valence-corrected chi connectivity index (χ4v) is 4.38. The molecule has 1 spiro atoms. The molecule has 112 valence electrons. The molecule has 5 heteroatoms. The van der Waals surface area contributed by atoms with E-state index in [2.05, 4.69) is 27.7 Å². The normalized spacial score (nSPS) is 24.7. The Balaban J connectivity index is 1.47. The number of hydrogen-bond acceptors (Lipinski definition) is 5. The maximum Gasteiger partial charge on any atom is 0.231 e. The molecule has 1 aliphatic carbocycles. The van der Waals surface area contributed by atoms with Gasteiger partial charge in [-0.1, -0.05) is 24.1 Å². The van der Waals surface area contributed by atoms with E-state index in [9.17, 15) is 0 Å². The van der Waals surface area contributed by atoms with Gasteiger partial charge in [0.1, 0.15) is 0 Å². The van der Waals surface area contributed by atoms with Crippen molar-refractivity contribution in [1.29, 1.82) is 0 Å². The third-order valence-electron chi connectivity index (χ3n) is 4.76. The first kappa shape index (κ1) is 13.5. The van der Waals surface area contributed by atoms with E-state index in [1.807, 2.05) is 0 Å². The zero-order valence-corrected chi connectivity index (χ0v) is 12.9. The van der Waals surface area contributed by atoms with Crippen LogP contribution >= 0.6 is 11.3 Å². The summed E-state index contributed by atoms with van der Waals surface area (Å²) in [7, 11) is 0.